The van der Waals surface area contributed by atoms with Crippen LogP contribution in [-0.2, 0) is 51.0 Å². The van der Waals surface area contributed by atoms with Gasteiger partial charge in [-0.1, -0.05) is 88.4 Å². The van der Waals surface area contributed by atoms with Gasteiger partial charge in [-0.25, -0.2) is 4.79 Å². The molecule has 292 valence electrons. The minimum absolute atomic E-state index is 0.0265. The van der Waals surface area contributed by atoms with E-state index in [1.54, 1.807) is 30.3 Å². The molecule has 53 heavy (non-hydrogen) atoms. The van der Waals surface area contributed by atoms with Crippen molar-refractivity contribution in [2.75, 3.05) is 14.2 Å². The molecule has 1 aliphatic heterocycles. The quantitative estimate of drug-likeness (QED) is 0.113. The van der Waals surface area contributed by atoms with Gasteiger partial charge in [0, 0.05) is 18.5 Å². The van der Waals surface area contributed by atoms with Gasteiger partial charge in [-0.15, -0.1) is 0 Å². The van der Waals surface area contributed by atoms with Crippen molar-refractivity contribution in [3.8, 4) is 0 Å². The molecule has 0 saturated carbocycles. The topological polar surface area (TPSA) is 202 Å². The normalized spacial score (nSPS) is 21.2. The highest BCUT2D eigenvalue weighted by Gasteiger charge is 2.50. The van der Waals surface area contributed by atoms with E-state index in [-0.39, 0.29) is 18.3 Å². The van der Waals surface area contributed by atoms with E-state index in [2.05, 4.69) is 21.3 Å². The molecule has 1 aliphatic rings. The molecule has 3 amide bonds. The number of methoxy groups -OCH3 is 2. The van der Waals surface area contributed by atoms with Crippen molar-refractivity contribution in [2.45, 2.75) is 115 Å². The van der Waals surface area contributed by atoms with Crippen molar-refractivity contribution in [2.24, 2.45) is 11.8 Å². The van der Waals surface area contributed by atoms with Crippen molar-refractivity contribution in [3.05, 3.63) is 71.8 Å². The van der Waals surface area contributed by atoms with Gasteiger partial charge in [-0.2, -0.15) is 0 Å². The lowest BCUT2D eigenvalue weighted by Crippen LogP contribution is -2.57. The SMILES string of the molecule is COC(=O)[C@H](CC(C)C)NC(=O)[C@H](Cc1ccccc1)NC(=O)[C@@H]1O[C@@H](C(=O)N[C@@H](Cc2ccccc2)C(C)N[C@@H](CC(C)C)C(=O)OC)[C@@H](O)[C@@H]1O. The average Bonchev–Trinajstić information content (AvgIpc) is 3.43. The number of esters is 2. The summed E-state index contributed by atoms with van der Waals surface area (Å²) in [6.07, 6.45) is -5.81. The van der Waals surface area contributed by atoms with Crippen LogP contribution in [0.5, 0.6) is 0 Å². The number of aliphatic hydroxyl groups excluding tert-OH is 2. The Hall–Kier alpha value is -4.37. The molecular weight excluding hydrogens is 684 g/mol. The molecule has 14 heteroatoms. The maximum absolute atomic E-state index is 13.7. The molecule has 0 spiro atoms. The maximum Gasteiger partial charge on any atom is 0.328 e. The molecule has 1 heterocycles. The van der Waals surface area contributed by atoms with Gasteiger partial charge in [0.05, 0.1) is 14.2 Å². The van der Waals surface area contributed by atoms with Crippen LogP contribution in [0, 0.1) is 11.8 Å². The van der Waals surface area contributed by atoms with Crippen molar-refractivity contribution in [1.29, 1.82) is 0 Å². The average molecular weight is 741 g/mol. The third-order valence-corrected chi connectivity index (χ3v) is 9.09. The number of rotatable bonds is 19. The zero-order valence-corrected chi connectivity index (χ0v) is 31.6. The van der Waals surface area contributed by atoms with Crippen LogP contribution in [0.25, 0.3) is 0 Å². The van der Waals surface area contributed by atoms with Gasteiger partial charge >= 0.3 is 11.9 Å². The Morgan fingerprint density at radius 2 is 1.09 bits per heavy atom. The number of ether oxygens (including phenoxy) is 3. The lowest BCUT2D eigenvalue weighted by Gasteiger charge is -2.31. The number of carbonyl (C=O) groups is 5. The van der Waals surface area contributed by atoms with Gasteiger partial charge in [0.2, 0.25) is 5.91 Å². The lowest BCUT2D eigenvalue weighted by molar-refractivity contribution is -0.146. The maximum atomic E-state index is 13.7. The number of carbonyl (C=O) groups excluding carboxylic acids is 5. The van der Waals surface area contributed by atoms with Crippen molar-refractivity contribution >= 4 is 29.7 Å². The summed E-state index contributed by atoms with van der Waals surface area (Å²) in [7, 11) is 2.53. The molecule has 2 aromatic carbocycles. The van der Waals surface area contributed by atoms with E-state index in [4.69, 9.17) is 14.2 Å². The number of aliphatic hydroxyl groups is 2. The monoisotopic (exact) mass is 740 g/mol. The van der Waals surface area contributed by atoms with Crippen LogP contribution in [-0.4, -0.2) is 109 Å². The predicted octanol–water partition coefficient (Wildman–Crippen LogP) is 1.20. The largest absolute Gasteiger partial charge is 0.468 e. The lowest BCUT2D eigenvalue weighted by atomic mass is 9.97. The molecular formula is C39H56N4O10. The molecule has 0 radical (unpaired) electrons. The van der Waals surface area contributed by atoms with E-state index < -0.39 is 84.3 Å². The van der Waals surface area contributed by atoms with Gasteiger partial charge in [0.15, 0.2) is 12.2 Å². The Bertz CT molecular complexity index is 1490. The molecule has 14 nitrogen and oxygen atoms in total. The Kier molecular flexibility index (Phi) is 16.9. The van der Waals surface area contributed by atoms with E-state index >= 15 is 0 Å². The van der Waals surface area contributed by atoms with Crippen LogP contribution in [0.4, 0.5) is 0 Å². The highest BCUT2D eigenvalue weighted by Crippen LogP contribution is 2.23. The van der Waals surface area contributed by atoms with Gasteiger partial charge in [0.1, 0.15) is 30.3 Å². The zero-order chi connectivity index (χ0) is 39.2. The summed E-state index contributed by atoms with van der Waals surface area (Å²) in [5.41, 5.74) is 1.59. The number of nitrogens with one attached hydrogen (secondary N) is 4. The van der Waals surface area contributed by atoms with Crippen molar-refractivity contribution in [1.82, 2.24) is 21.3 Å². The third kappa shape index (κ3) is 12.9. The van der Waals surface area contributed by atoms with Crippen LogP contribution in [0.2, 0.25) is 0 Å². The fourth-order valence-electron chi connectivity index (χ4n) is 6.29. The highest BCUT2D eigenvalue weighted by molar-refractivity contribution is 5.93. The molecule has 1 unspecified atom stereocenters. The number of hydrogen-bond donors (Lipinski definition) is 6. The van der Waals surface area contributed by atoms with Gasteiger partial charge in [-0.3, -0.25) is 24.5 Å². The smallest absolute Gasteiger partial charge is 0.328 e. The summed E-state index contributed by atoms with van der Waals surface area (Å²) in [5, 5.41) is 33.4. The Morgan fingerprint density at radius 1 is 0.642 bits per heavy atom. The second-order valence-electron chi connectivity index (χ2n) is 14.4. The summed E-state index contributed by atoms with van der Waals surface area (Å²) in [6.45, 7) is 9.53. The Balaban J connectivity index is 1.80. The summed E-state index contributed by atoms with van der Waals surface area (Å²) in [6, 6.07) is 14.3. The molecule has 1 fully saturated rings. The standard InChI is InChI=1S/C39H56N4O10/c1-22(2)18-29(38(49)51-6)40-24(5)27(20-25-14-10-8-11-15-25)41-36(47)33-31(44)32(45)34(53-33)37(48)42-28(21-26-16-12-9-13-17-26)35(46)43-30(19-23(3)4)39(50)52-7/h8-17,22-24,27-34,40,44-45H,18-21H2,1-7H3,(H,41,47)(H,42,48)(H,43,46)/t24?,27-,28-,29-,30-,31-,32-,33+,34+/m0/s1. The fraction of sp³-hybridized carbons (Fsp3) is 0.564. The molecule has 9 atom stereocenters. The van der Waals surface area contributed by atoms with E-state index in [0.717, 1.165) is 5.56 Å². The van der Waals surface area contributed by atoms with Gasteiger partial charge < -0.3 is 40.4 Å². The van der Waals surface area contributed by atoms with Crippen LogP contribution in [0.1, 0.15) is 58.6 Å². The summed E-state index contributed by atoms with van der Waals surface area (Å²) in [4.78, 5) is 66.0. The number of hydrogen-bond acceptors (Lipinski definition) is 11. The molecule has 0 aliphatic carbocycles. The first kappa shape index (κ1) is 43.0. The fourth-order valence-corrected chi connectivity index (χ4v) is 6.29. The van der Waals surface area contributed by atoms with Crippen LogP contribution < -0.4 is 21.3 Å². The van der Waals surface area contributed by atoms with E-state index in [0.29, 0.717) is 24.8 Å². The van der Waals surface area contributed by atoms with Crippen LogP contribution in [0.15, 0.2) is 60.7 Å². The molecule has 0 bridgehead atoms. The first-order chi connectivity index (χ1) is 25.1. The highest BCUT2D eigenvalue weighted by atomic mass is 16.6. The predicted molar refractivity (Wildman–Crippen MR) is 196 cm³/mol. The van der Waals surface area contributed by atoms with Crippen molar-refractivity contribution < 1.29 is 48.4 Å². The zero-order valence-electron chi connectivity index (χ0n) is 31.6. The Labute approximate surface area is 311 Å². The summed E-state index contributed by atoms with van der Waals surface area (Å²) < 4.78 is 15.6. The van der Waals surface area contributed by atoms with Crippen LogP contribution in [0.3, 0.4) is 0 Å². The van der Waals surface area contributed by atoms with Gasteiger partial charge in [-0.05, 0) is 49.1 Å². The number of benzene rings is 2. The second-order valence-corrected chi connectivity index (χ2v) is 14.4. The molecule has 3 rings (SSSR count). The van der Waals surface area contributed by atoms with E-state index in [1.807, 2.05) is 65.0 Å². The molecule has 1 saturated heterocycles. The first-order valence-electron chi connectivity index (χ1n) is 18.1. The van der Waals surface area contributed by atoms with Crippen LogP contribution >= 0.6 is 0 Å². The van der Waals surface area contributed by atoms with E-state index in [1.165, 1.54) is 14.2 Å². The minimum Gasteiger partial charge on any atom is -0.468 e. The Morgan fingerprint density at radius 3 is 1.58 bits per heavy atom. The molecule has 2 aromatic rings. The molecule has 0 aromatic heterocycles. The van der Waals surface area contributed by atoms with E-state index in [9.17, 15) is 34.2 Å². The van der Waals surface area contributed by atoms with Gasteiger partial charge in [0.25, 0.3) is 11.8 Å². The molecule has 6 N–H and O–H groups in total. The number of amides is 3. The minimum atomic E-state index is -1.81. The summed E-state index contributed by atoms with van der Waals surface area (Å²) >= 11 is 0. The third-order valence-electron chi connectivity index (χ3n) is 9.09. The van der Waals surface area contributed by atoms with Crippen molar-refractivity contribution in [3.63, 3.8) is 0 Å². The first-order valence-corrected chi connectivity index (χ1v) is 18.1. The summed E-state index contributed by atoms with van der Waals surface area (Å²) in [5.74, 6) is -3.27. The second kappa shape index (κ2) is 20.8.